The highest BCUT2D eigenvalue weighted by Crippen LogP contribution is 2.37. The van der Waals surface area contributed by atoms with Crippen molar-refractivity contribution < 1.29 is 19.2 Å². The quantitative estimate of drug-likeness (QED) is 0.348. The number of nitrogens with one attached hydrogen (secondary N) is 1. The van der Waals surface area contributed by atoms with Crippen LogP contribution < -0.4 is 5.32 Å². The van der Waals surface area contributed by atoms with Gasteiger partial charge >= 0.3 is 5.97 Å². The van der Waals surface area contributed by atoms with E-state index in [1.54, 1.807) is 18.4 Å². The van der Waals surface area contributed by atoms with Gasteiger partial charge in [-0.1, -0.05) is 42.0 Å². The van der Waals surface area contributed by atoms with Crippen molar-refractivity contribution in [2.75, 3.05) is 11.9 Å². The van der Waals surface area contributed by atoms with Gasteiger partial charge < -0.3 is 10.1 Å². The molecule has 0 saturated heterocycles. The topological polar surface area (TPSA) is 98.5 Å². The number of carbonyl (C=O) groups is 2. The molecule has 0 atom stereocenters. The molecule has 1 heterocycles. The minimum atomic E-state index is -0.667. The first-order chi connectivity index (χ1) is 13.9. The maximum Gasteiger partial charge on any atom is 0.341 e. The number of para-hydroxylation sites is 1. The minimum Gasteiger partial charge on any atom is -0.462 e. The molecule has 0 spiro atoms. The zero-order valence-electron chi connectivity index (χ0n) is 15.8. The van der Waals surface area contributed by atoms with Gasteiger partial charge in [0.25, 0.3) is 11.6 Å². The van der Waals surface area contributed by atoms with E-state index in [1.807, 2.05) is 31.2 Å². The lowest BCUT2D eigenvalue weighted by Gasteiger charge is -2.09. The number of carbonyl (C=O) groups excluding carboxylic acids is 2. The van der Waals surface area contributed by atoms with Crippen LogP contribution in [-0.4, -0.2) is 23.4 Å². The molecule has 1 aromatic heterocycles. The Labute approximate surface area is 171 Å². The number of nitro benzene ring substituents is 1. The van der Waals surface area contributed by atoms with Crippen LogP contribution in [0.15, 0.2) is 53.9 Å². The number of thiophene rings is 1. The molecule has 1 N–H and O–H groups in total. The van der Waals surface area contributed by atoms with Gasteiger partial charge in [0.2, 0.25) is 0 Å². The molecule has 148 valence electrons. The lowest BCUT2D eigenvalue weighted by molar-refractivity contribution is -0.385. The van der Waals surface area contributed by atoms with Crippen molar-refractivity contribution in [3.63, 3.8) is 0 Å². The molecule has 2 aromatic carbocycles. The van der Waals surface area contributed by atoms with Crippen molar-refractivity contribution >= 4 is 33.9 Å². The summed E-state index contributed by atoms with van der Waals surface area (Å²) in [6.45, 7) is 3.84. The molecule has 0 saturated carbocycles. The number of esters is 1. The highest BCUT2D eigenvalue weighted by Gasteiger charge is 2.25. The number of anilines is 1. The first kappa shape index (κ1) is 20.2. The number of ether oxygens (including phenoxy) is 1. The largest absolute Gasteiger partial charge is 0.462 e. The van der Waals surface area contributed by atoms with Crippen LogP contribution in [0.25, 0.3) is 11.1 Å². The van der Waals surface area contributed by atoms with E-state index in [-0.39, 0.29) is 28.4 Å². The maximum atomic E-state index is 12.7. The summed E-state index contributed by atoms with van der Waals surface area (Å²) in [6, 6.07) is 13.3. The van der Waals surface area contributed by atoms with Crippen LogP contribution in [-0.2, 0) is 4.74 Å². The van der Waals surface area contributed by atoms with Crippen molar-refractivity contribution in [1.29, 1.82) is 0 Å². The van der Waals surface area contributed by atoms with Gasteiger partial charge in [-0.2, -0.15) is 0 Å². The summed E-state index contributed by atoms with van der Waals surface area (Å²) >= 11 is 1.16. The summed E-state index contributed by atoms with van der Waals surface area (Å²) in [5, 5.41) is 15.9. The summed E-state index contributed by atoms with van der Waals surface area (Å²) in [6.07, 6.45) is 0. The van der Waals surface area contributed by atoms with Crippen LogP contribution in [0.3, 0.4) is 0 Å². The second-order valence-electron chi connectivity index (χ2n) is 6.17. The van der Waals surface area contributed by atoms with E-state index >= 15 is 0 Å². The summed E-state index contributed by atoms with van der Waals surface area (Å²) in [5.74, 6) is -1.23. The number of rotatable bonds is 6. The van der Waals surface area contributed by atoms with E-state index < -0.39 is 16.8 Å². The second-order valence-corrected chi connectivity index (χ2v) is 7.05. The third-order valence-electron chi connectivity index (χ3n) is 4.21. The number of amides is 1. The minimum absolute atomic E-state index is 0.0856. The van der Waals surface area contributed by atoms with E-state index in [2.05, 4.69) is 5.32 Å². The Kier molecular flexibility index (Phi) is 6.04. The molecular weight excluding hydrogens is 392 g/mol. The Bertz CT molecular complexity index is 1070. The fourth-order valence-corrected chi connectivity index (χ4v) is 3.75. The lowest BCUT2D eigenvalue weighted by Crippen LogP contribution is -2.16. The number of nitro groups is 1. The number of hydrogen-bond acceptors (Lipinski definition) is 6. The van der Waals surface area contributed by atoms with Gasteiger partial charge in [-0.15, -0.1) is 11.3 Å². The third kappa shape index (κ3) is 4.33. The van der Waals surface area contributed by atoms with Gasteiger partial charge in [-0.05, 0) is 25.5 Å². The van der Waals surface area contributed by atoms with Gasteiger partial charge in [-0.25, -0.2) is 4.79 Å². The maximum absolute atomic E-state index is 12.7. The highest BCUT2D eigenvalue weighted by atomic mass is 32.1. The first-order valence-electron chi connectivity index (χ1n) is 8.82. The lowest BCUT2D eigenvalue weighted by atomic mass is 10.0. The monoisotopic (exact) mass is 410 g/mol. The van der Waals surface area contributed by atoms with Crippen molar-refractivity contribution in [2.24, 2.45) is 0 Å². The zero-order valence-corrected chi connectivity index (χ0v) is 16.6. The number of benzene rings is 2. The average molecular weight is 410 g/mol. The van der Waals surface area contributed by atoms with Crippen molar-refractivity contribution in [2.45, 2.75) is 13.8 Å². The van der Waals surface area contributed by atoms with E-state index in [4.69, 9.17) is 4.74 Å². The summed E-state index contributed by atoms with van der Waals surface area (Å²) in [7, 11) is 0. The third-order valence-corrected chi connectivity index (χ3v) is 5.10. The molecule has 0 radical (unpaired) electrons. The predicted molar refractivity (Wildman–Crippen MR) is 111 cm³/mol. The second kappa shape index (κ2) is 8.66. The van der Waals surface area contributed by atoms with Crippen LogP contribution >= 0.6 is 11.3 Å². The number of aryl methyl sites for hydroxylation is 1. The molecule has 0 aliphatic heterocycles. The Morgan fingerprint density at radius 1 is 1.14 bits per heavy atom. The standard InChI is InChI=1S/C21H18N2O5S/c1-3-28-21(25)18-16(14-10-8-13(2)9-11-14)12-29-20(18)22-19(24)15-6-4-5-7-17(15)23(26)27/h4-12H,3H2,1-2H3,(H,22,24). The molecule has 1 amide bonds. The predicted octanol–water partition coefficient (Wildman–Crippen LogP) is 5.06. The van der Waals surface area contributed by atoms with Crippen molar-refractivity contribution in [1.82, 2.24) is 0 Å². The van der Waals surface area contributed by atoms with Crippen LogP contribution in [0.5, 0.6) is 0 Å². The van der Waals surface area contributed by atoms with Gasteiger partial charge in [0.15, 0.2) is 0 Å². The fourth-order valence-electron chi connectivity index (χ4n) is 2.80. The molecule has 8 heteroatoms. The Morgan fingerprint density at radius 3 is 2.48 bits per heavy atom. The molecule has 0 aliphatic rings. The first-order valence-corrected chi connectivity index (χ1v) is 9.70. The number of hydrogen-bond donors (Lipinski definition) is 1. The van der Waals surface area contributed by atoms with Gasteiger partial charge in [0.05, 0.1) is 11.5 Å². The van der Waals surface area contributed by atoms with Crippen LogP contribution in [0.4, 0.5) is 10.7 Å². The van der Waals surface area contributed by atoms with E-state index in [1.165, 1.54) is 18.2 Å². The summed E-state index contributed by atoms with van der Waals surface area (Å²) in [4.78, 5) is 35.9. The smallest absolute Gasteiger partial charge is 0.341 e. The van der Waals surface area contributed by atoms with Crippen LogP contribution in [0.2, 0.25) is 0 Å². The van der Waals surface area contributed by atoms with Crippen LogP contribution in [0, 0.1) is 17.0 Å². The SMILES string of the molecule is CCOC(=O)c1c(-c2ccc(C)cc2)csc1NC(=O)c1ccccc1[N+](=O)[O-]. The molecule has 3 aromatic rings. The summed E-state index contributed by atoms with van der Waals surface area (Å²) < 4.78 is 5.17. The number of nitrogens with zero attached hydrogens (tertiary/aromatic N) is 1. The molecule has 7 nitrogen and oxygen atoms in total. The average Bonchev–Trinajstić information content (AvgIpc) is 3.12. The molecule has 0 bridgehead atoms. The normalized spacial score (nSPS) is 10.4. The van der Waals surface area contributed by atoms with E-state index in [0.29, 0.717) is 5.56 Å². The Balaban J connectivity index is 2.01. The van der Waals surface area contributed by atoms with Gasteiger partial charge in [-0.3, -0.25) is 14.9 Å². The van der Waals surface area contributed by atoms with Gasteiger partial charge in [0.1, 0.15) is 16.1 Å². The van der Waals surface area contributed by atoms with Crippen LogP contribution in [0.1, 0.15) is 33.2 Å². The molecule has 0 unspecified atom stereocenters. The Hall–Kier alpha value is -3.52. The van der Waals surface area contributed by atoms with E-state index in [9.17, 15) is 19.7 Å². The Morgan fingerprint density at radius 2 is 1.83 bits per heavy atom. The van der Waals surface area contributed by atoms with Crippen molar-refractivity contribution in [3.8, 4) is 11.1 Å². The van der Waals surface area contributed by atoms with Crippen molar-refractivity contribution in [3.05, 3.63) is 80.7 Å². The molecule has 0 fully saturated rings. The summed E-state index contributed by atoms with van der Waals surface area (Å²) in [5.41, 5.74) is 2.35. The van der Waals surface area contributed by atoms with E-state index in [0.717, 1.165) is 22.5 Å². The molecular formula is C21H18N2O5S. The molecule has 3 rings (SSSR count). The fraction of sp³-hybridized carbons (Fsp3) is 0.143. The highest BCUT2D eigenvalue weighted by molar-refractivity contribution is 7.15. The molecule has 29 heavy (non-hydrogen) atoms. The van der Waals surface area contributed by atoms with Gasteiger partial charge in [0, 0.05) is 17.0 Å². The molecule has 0 aliphatic carbocycles. The zero-order chi connectivity index (χ0) is 21.0.